The molecule has 0 N–H and O–H groups in total. The molecule has 9 heavy (non-hydrogen) atoms. The van der Waals surface area contributed by atoms with Crippen LogP contribution < -0.4 is 0 Å². The van der Waals surface area contributed by atoms with Crippen molar-refractivity contribution in [1.29, 1.82) is 0 Å². The van der Waals surface area contributed by atoms with Crippen molar-refractivity contribution in [3.63, 3.8) is 0 Å². The van der Waals surface area contributed by atoms with E-state index in [-0.39, 0.29) is 4.23 Å². The summed E-state index contributed by atoms with van der Waals surface area (Å²) in [6.07, 6.45) is 0. The third-order valence-corrected chi connectivity index (χ3v) is 1.83. The molecule has 0 aromatic rings. The first-order valence-corrected chi connectivity index (χ1v) is 6.90. The summed E-state index contributed by atoms with van der Waals surface area (Å²) in [6.45, 7) is 0. The molecule has 0 fully saturated rings. The fourth-order valence-corrected chi connectivity index (χ4v) is 0.729. The number of halogens is 4. The number of rotatable bonds is 4. The molecule has 0 atom stereocenters. The SMILES string of the molecule is IC(I)OBOC(I)I. The van der Waals surface area contributed by atoms with Crippen molar-refractivity contribution in [3.8, 4) is 0 Å². The maximum Gasteiger partial charge on any atom is 0.440 e. The first kappa shape index (κ1) is 11.9. The third kappa shape index (κ3) is 10.9. The van der Waals surface area contributed by atoms with E-state index in [1.807, 2.05) is 0 Å². The van der Waals surface area contributed by atoms with Crippen LogP contribution in [0.2, 0.25) is 0 Å². The van der Waals surface area contributed by atoms with Gasteiger partial charge in [-0.2, -0.15) is 0 Å². The van der Waals surface area contributed by atoms with Gasteiger partial charge >= 0.3 is 7.69 Å². The van der Waals surface area contributed by atoms with Crippen molar-refractivity contribution in [1.82, 2.24) is 0 Å². The second kappa shape index (κ2) is 7.55. The molecule has 0 aliphatic heterocycles. The van der Waals surface area contributed by atoms with Crippen LogP contribution in [0, 0.1) is 0 Å². The Bertz CT molecular complexity index is 61.6. The fraction of sp³-hybridized carbons (Fsp3) is 1.00. The van der Waals surface area contributed by atoms with Gasteiger partial charge in [-0.1, -0.05) is 0 Å². The lowest BCUT2D eigenvalue weighted by atomic mass is 10.4. The van der Waals surface area contributed by atoms with Crippen molar-refractivity contribution in [3.05, 3.63) is 0 Å². The van der Waals surface area contributed by atoms with Crippen molar-refractivity contribution >= 4 is 98.0 Å². The molecular weight excluding hydrogens is 574 g/mol. The maximum atomic E-state index is 5.09. The highest BCUT2D eigenvalue weighted by molar-refractivity contribution is 14.2. The Labute approximate surface area is 109 Å². The summed E-state index contributed by atoms with van der Waals surface area (Å²) in [5, 5.41) is 0. The highest BCUT2D eigenvalue weighted by atomic mass is 127. The summed E-state index contributed by atoms with van der Waals surface area (Å²) in [4.78, 5) is 0. The van der Waals surface area contributed by atoms with E-state index in [4.69, 9.17) is 9.31 Å². The predicted octanol–water partition coefficient (Wildman–Crippen LogP) is 2.59. The van der Waals surface area contributed by atoms with Gasteiger partial charge in [0.25, 0.3) is 0 Å². The van der Waals surface area contributed by atoms with E-state index in [9.17, 15) is 0 Å². The molecule has 0 heterocycles. The Kier molecular flexibility index (Phi) is 9.99. The molecule has 0 aromatic carbocycles. The minimum atomic E-state index is 0.201. The van der Waals surface area contributed by atoms with E-state index in [0.29, 0.717) is 7.69 Å². The molecule has 0 radical (unpaired) electrons. The van der Waals surface area contributed by atoms with Crippen LogP contribution in [0.1, 0.15) is 0 Å². The van der Waals surface area contributed by atoms with Crippen LogP contribution in [0.25, 0.3) is 0 Å². The Morgan fingerprint density at radius 1 is 0.889 bits per heavy atom. The van der Waals surface area contributed by atoms with Crippen molar-refractivity contribution in [2.45, 2.75) is 4.23 Å². The summed E-state index contributed by atoms with van der Waals surface area (Å²) >= 11 is 8.67. The first-order chi connectivity index (χ1) is 4.13. The summed E-state index contributed by atoms with van der Waals surface area (Å²) in [5.41, 5.74) is 0. The molecular formula is C2H3BI4O2. The molecule has 7 heteroatoms. The number of alkyl halides is 4. The Hall–Kier alpha value is 2.90. The quantitative estimate of drug-likeness (QED) is 0.291. The van der Waals surface area contributed by atoms with Crippen LogP contribution in [0.4, 0.5) is 0 Å². The minimum Gasteiger partial charge on any atom is -0.394 e. The van der Waals surface area contributed by atoms with Crippen molar-refractivity contribution in [2.75, 3.05) is 0 Å². The largest absolute Gasteiger partial charge is 0.440 e. The van der Waals surface area contributed by atoms with E-state index in [1.54, 1.807) is 0 Å². The molecule has 0 unspecified atom stereocenters. The summed E-state index contributed by atoms with van der Waals surface area (Å²) in [7, 11) is 0.382. The zero-order valence-corrected chi connectivity index (χ0v) is 12.8. The molecule has 2 nitrogen and oxygen atoms in total. The van der Waals surface area contributed by atoms with Gasteiger partial charge in [-0.25, -0.2) is 0 Å². The van der Waals surface area contributed by atoms with Crippen LogP contribution in [-0.2, 0) is 9.31 Å². The monoisotopic (exact) mass is 578 g/mol. The lowest BCUT2D eigenvalue weighted by Gasteiger charge is -2.04. The van der Waals surface area contributed by atoms with Gasteiger partial charge in [-0.3, -0.25) is 0 Å². The molecule has 0 aliphatic carbocycles. The van der Waals surface area contributed by atoms with Crippen LogP contribution in [0.3, 0.4) is 0 Å². The van der Waals surface area contributed by atoms with E-state index < -0.39 is 0 Å². The molecule has 54 valence electrons. The van der Waals surface area contributed by atoms with E-state index in [0.717, 1.165) is 0 Å². The van der Waals surface area contributed by atoms with Gasteiger partial charge in [0.05, 0.1) is 0 Å². The van der Waals surface area contributed by atoms with Gasteiger partial charge in [0.1, 0.15) is 4.23 Å². The first-order valence-electron chi connectivity index (χ1n) is 1.92. The molecule has 0 amide bonds. The lowest BCUT2D eigenvalue weighted by molar-refractivity contribution is 0.285. The Morgan fingerprint density at radius 2 is 1.22 bits per heavy atom. The van der Waals surface area contributed by atoms with Gasteiger partial charge in [0.2, 0.25) is 0 Å². The molecule has 0 spiro atoms. The molecule has 0 bridgehead atoms. The van der Waals surface area contributed by atoms with Crippen molar-refractivity contribution in [2.24, 2.45) is 0 Å². The molecule has 0 saturated carbocycles. The Balaban J connectivity index is 2.91. The van der Waals surface area contributed by atoms with E-state index >= 15 is 0 Å². The standard InChI is InChI=1S/C2H3BI4O2/c4-1(5)8-3-9-2(6)7/h1-3H. The predicted molar refractivity (Wildman–Crippen MR) is 73.0 cm³/mol. The summed E-state index contributed by atoms with van der Waals surface area (Å²) in [6, 6.07) is 0. The molecule has 0 saturated heterocycles. The molecule has 0 rings (SSSR count). The topological polar surface area (TPSA) is 18.5 Å². The van der Waals surface area contributed by atoms with Gasteiger partial charge < -0.3 is 9.31 Å². The zero-order chi connectivity index (χ0) is 7.28. The Morgan fingerprint density at radius 3 is 1.44 bits per heavy atom. The molecule has 0 aliphatic rings. The van der Waals surface area contributed by atoms with Gasteiger partial charge in [-0.15, -0.1) is 0 Å². The van der Waals surface area contributed by atoms with Gasteiger partial charge in [0.15, 0.2) is 0 Å². The smallest absolute Gasteiger partial charge is 0.394 e. The average molecular weight is 577 g/mol. The van der Waals surface area contributed by atoms with Gasteiger partial charge in [-0.05, 0) is 90.4 Å². The minimum absolute atomic E-state index is 0.201. The number of hydrogen-bond acceptors (Lipinski definition) is 2. The van der Waals surface area contributed by atoms with E-state index in [2.05, 4.69) is 90.4 Å². The van der Waals surface area contributed by atoms with Crippen molar-refractivity contribution < 1.29 is 9.31 Å². The van der Waals surface area contributed by atoms with Gasteiger partial charge in [0, 0.05) is 0 Å². The second-order valence-corrected chi connectivity index (χ2v) is 10.3. The highest BCUT2D eigenvalue weighted by Crippen LogP contribution is 2.13. The average Bonchev–Trinajstić information content (AvgIpc) is 1.63. The van der Waals surface area contributed by atoms with Crippen LogP contribution in [-0.4, -0.2) is 11.9 Å². The number of hydrogen-bond donors (Lipinski definition) is 0. The molecule has 0 aromatic heterocycles. The van der Waals surface area contributed by atoms with Crippen LogP contribution in [0.15, 0.2) is 0 Å². The third-order valence-electron chi connectivity index (χ3n) is 0.388. The fourth-order valence-electron chi connectivity index (χ4n) is 0.142. The normalized spacial score (nSPS) is 10.9. The van der Waals surface area contributed by atoms with E-state index in [1.165, 1.54) is 0 Å². The van der Waals surface area contributed by atoms with Crippen LogP contribution >= 0.6 is 90.4 Å². The van der Waals surface area contributed by atoms with Crippen LogP contribution in [0.5, 0.6) is 0 Å². The second-order valence-electron chi connectivity index (χ2n) is 0.972. The highest BCUT2D eigenvalue weighted by Gasteiger charge is 2.01. The lowest BCUT2D eigenvalue weighted by Crippen LogP contribution is -2.08. The summed E-state index contributed by atoms with van der Waals surface area (Å²) < 4.78 is 10.6. The summed E-state index contributed by atoms with van der Waals surface area (Å²) in [5.74, 6) is 0. The zero-order valence-electron chi connectivity index (χ0n) is 4.19. The maximum absolute atomic E-state index is 5.09.